The smallest absolute Gasteiger partial charge is 0.268 e. The minimum atomic E-state index is -0.664. The van der Waals surface area contributed by atoms with Crippen LogP contribution in [0.2, 0.25) is 10.0 Å². The maximum Gasteiger partial charge on any atom is 0.268 e. The molecular weight excluding hydrogens is 413 g/mol. The molecule has 0 spiro atoms. The number of halogens is 2. The van der Waals surface area contributed by atoms with Crippen LogP contribution < -0.4 is 16.4 Å². The van der Waals surface area contributed by atoms with Gasteiger partial charge in [0.1, 0.15) is 11.4 Å². The second-order valence-electron chi connectivity index (χ2n) is 7.64. The molecule has 0 saturated carbocycles. The third-order valence-corrected chi connectivity index (χ3v) is 6.41. The highest BCUT2D eigenvalue weighted by atomic mass is 35.5. The average molecular weight is 434 g/mol. The van der Waals surface area contributed by atoms with Crippen LogP contribution in [0.5, 0.6) is 0 Å². The quantitative estimate of drug-likeness (QED) is 0.580. The third-order valence-electron chi connectivity index (χ3n) is 5.59. The van der Waals surface area contributed by atoms with Gasteiger partial charge in [-0.2, -0.15) is 10.1 Å². The van der Waals surface area contributed by atoms with Crippen molar-refractivity contribution in [1.29, 1.82) is 0 Å². The molecule has 1 aliphatic rings. The van der Waals surface area contributed by atoms with Gasteiger partial charge in [0.25, 0.3) is 5.91 Å². The normalized spacial score (nSPS) is 16.3. The fourth-order valence-corrected chi connectivity index (χ4v) is 3.96. The summed E-state index contributed by atoms with van der Waals surface area (Å²) in [6, 6.07) is 5.20. The Morgan fingerprint density at radius 1 is 1.28 bits per heavy atom. The van der Waals surface area contributed by atoms with Crippen LogP contribution in [0.1, 0.15) is 30.3 Å². The van der Waals surface area contributed by atoms with Gasteiger partial charge >= 0.3 is 0 Å². The van der Waals surface area contributed by atoms with E-state index >= 15 is 0 Å². The molecule has 2 aromatic heterocycles. The zero-order valence-electron chi connectivity index (χ0n) is 15.9. The number of piperidine rings is 1. The van der Waals surface area contributed by atoms with Crippen LogP contribution in [0.15, 0.2) is 18.2 Å². The van der Waals surface area contributed by atoms with Gasteiger partial charge in [-0.15, -0.1) is 0 Å². The molecule has 0 aliphatic carbocycles. The van der Waals surface area contributed by atoms with Gasteiger partial charge in [0.2, 0.25) is 5.95 Å². The number of nitrogens with zero attached hydrogens (tertiary/aromatic N) is 4. The van der Waals surface area contributed by atoms with Crippen molar-refractivity contribution < 1.29 is 4.79 Å². The number of hydrogen-bond acceptors (Lipinski definition) is 6. The SMILES string of the molecule is CC1(CN)CCN(c2nc(C(N)=O)c3c(-c4cccc(Cl)c4Cl)n[nH]c3n2)CC1. The van der Waals surface area contributed by atoms with Crippen LogP contribution in [0.4, 0.5) is 5.95 Å². The Balaban J connectivity index is 1.80. The molecule has 1 amide bonds. The number of rotatable bonds is 4. The summed E-state index contributed by atoms with van der Waals surface area (Å²) in [5.41, 5.74) is 13.2. The van der Waals surface area contributed by atoms with Crippen molar-refractivity contribution >= 4 is 46.1 Å². The molecule has 1 saturated heterocycles. The predicted octanol–water partition coefficient (Wildman–Crippen LogP) is 2.99. The van der Waals surface area contributed by atoms with Crippen LogP contribution in [0.25, 0.3) is 22.3 Å². The molecule has 4 rings (SSSR count). The highest BCUT2D eigenvalue weighted by Gasteiger charge is 2.31. The van der Waals surface area contributed by atoms with E-state index in [1.54, 1.807) is 18.2 Å². The Kier molecular flexibility index (Phi) is 5.10. The van der Waals surface area contributed by atoms with Crippen molar-refractivity contribution in [1.82, 2.24) is 20.2 Å². The maximum absolute atomic E-state index is 12.2. The number of benzene rings is 1. The molecule has 10 heteroatoms. The first-order chi connectivity index (χ1) is 13.8. The van der Waals surface area contributed by atoms with Gasteiger partial charge in [-0.3, -0.25) is 9.89 Å². The fourth-order valence-electron chi connectivity index (χ4n) is 3.57. The lowest BCUT2D eigenvalue weighted by atomic mass is 9.81. The number of aromatic amines is 1. The van der Waals surface area contributed by atoms with Crippen LogP contribution in [-0.4, -0.2) is 45.7 Å². The van der Waals surface area contributed by atoms with Gasteiger partial charge in [-0.25, -0.2) is 4.98 Å². The Morgan fingerprint density at radius 3 is 2.66 bits per heavy atom. The second-order valence-corrected chi connectivity index (χ2v) is 8.42. The van der Waals surface area contributed by atoms with Gasteiger partial charge in [0.05, 0.1) is 15.4 Å². The summed E-state index contributed by atoms with van der Waals surface area (Å²) in [4.78, 5) is 23.3. The predicted molar refractivity (Wildman–Crippen MR) is 114 cm³/mol. The molecular formula is C19H21Cl2N7O. The summed E-state index contributed by atoms with van der Waals surface area (Å²) in [7, 11) is 0. The molecule has 0 unspecified atom stereocenters. The van der Waals surface area contributed by atoms with Crippen molar-refractivity contribution in [2.45, 2.75) is 19.8 Å². The number of primary amides is 1. The average Bonchev–Trinajstić information content (AvgIpc) is 3.13. The van der Waals surface area contributed by atoms with Crippen LogP contribution >= 0.6 is 23.2 Å². The molecule has 8 nitrogen and oxygen atoms in total. The van der Waals surface area contributed by atoms with Gasteiger partial charge in [0, 0.05) is 18.7 Å². The van der Waals surface area contributed by atoms with Crippen LogP contribution in [0, 0.1) is 5.41 Å². The van der Waals surface area contributed by atoms with Crippen molar-refractivity contribution in [3.05, 3.63) is 33.9 Å². The molecule has 3 aromatic rings. The number of nitrogens with two attached hydrogens (primary N) is 2. The van der Waals surface area contributed by atoms with E-state index in [0.29, 0.717) is 44.8 Å². The number of anilines is 1. The van der Waals surface area contributed by atoms with Crippen LogP contribution in [-0.2, 0) is 0 Å². The number of hydrogen-bond donors (Lipinski definition) is 3. The summed E-state index contributed by atoms with van der Waals surface area (Å²) in [6.45, 7) is 4.31. The van der Waals surface area contributed by atoms with E-state index in [9.17, 15) is 4.79 Å². The summed E-state index contributed by atoms with van der Waals surface area (Å²) in [6.07, 6.45) is 1.84. The van der Waals surface area contributed by atoms with E-state index in [1.165, 1.54) is 0 Å². The summed E-state index contributed by atoms with van der Waals surface area (Å²) < 4.78 is 0. The maximum atomic E-state index is 12.2. The van der Waals surface area contributed by atoms with Crippen molar-refractivity contribution in [3.63, 3.8) is 0 Å². The van der Waals surface area contributed by atoms with Crippen molar-refractivity contribution in [2.24, 2.45) is 16.9 Å². The summed E-state index contributed by atoms with van der Waals surface area (Å²) in [5.74, 6) is -0.221. The molecule has 1 aliphatic heterocycles. The molecule has 1 fully saturated rings. The van der Waals surface area contributed by atoms with Gasteiger partial charge in [-0.1, -0.05) is 42.3 Å². The zero-order chi connectivity index (χ0) is 20.8. The van der Waals surface area contributed by atoms with Gasteiger partial charge in [0.15, 0.2) is 5.65 Å². The topological polar surface area (TPSA) is 127 Å². The van der Waals surface area contributed by atoms with E-state index in [-0.39, 0.29) is 11.1 Å². The number of fused-ring (bicyclic) bond motifs is 1. The highest BCUT2D eigenvalue weighted by Crippen LogP contribution is 2.37. The number of carbonyl (C=O) groups is 1. The number of aromatic nitrogens is 4. The molecule has 0 atom stereocenters. The Hall–Kier alpha value is -2.42. The lowest BCUT2D eigenvalue weighted by Crippen LogP contribution is -2.43. The largest absolute Gasteiger partial charge is 0.364 e. The monoisotopic (exact) mass is 433 g/mol. The lowest BCUT2D eigenvalue weighted by Gasteiger charge is -2.38. The number of amides is 1. The Morgan fingerprint density at radius 2 is 2.00 bits per heavy atom. The van der Waals surface area contributed by atoms with Crippen molar-refractivity contribution in [3.8, 4) is 11.3 Å². The molecule has 0 radical (unpaired) electrons. The lowest BCUT2D eigenvalue weighted by molar-refractivity contribution is 0.0997. The van der Waals surface area contributed by atoms with Crippen LogP contribution in [0.3, 0.4) is 0 Å². The summed E-state index contributed by atoms with van der Waals surface area (Å²) >= 11 is 12.5. The molecule has 0 bridgehead atoms. The molecule has 5 N–H and O–H groups in total. The van der Waals surface area contributed by atoms with E-state index in [0.717, 1.165) is 25.9 Å². The first-order valence-electron chi connectivity index (χ1n) is 9.28. The first-order valence-corrected chi connectivity index (χ1v) is 10.0. The molecule has 1 aromatic carbocycles. The third kappa shape index (κ3) is 3.52. The minimum absolute atomic E-state index is 0.0944. The first kappa shape index (κ1) is 19.9. The number of nitrogens with one attached hydrogen (secondary N) is 1. The van der Waals surface area contributed by atoms with E-state index < -0.39 is 5.91 Å². The Bertz CT molecular complexity index is 1090. The summed E-state index contributed by atoms with van der Waals surface area (Å²) in [5, 5.41) is 8.34. The molecule has 3 heterocycles. The fraction of sp³-hybridized carbons (Fsp3) is 0.368. The van der Waals surface area contributed by atoms with Gasteiger partial charge < -0.3 is 16.4 Å². The van der Waals surface area contributed by atoms with E-state index in [1.807, 2.05) is 4.90 Å². The number of H-pyrrole nitrogens is 1. The second kappa shape index (κ2) is 7.44. The van der Waals surface area contributed by atoms with Crippen molar-refractivity contribution in [2.75, 3.05) is 24.5 Å². The molecule has 29 heavy (non-hydrogen) atoms. The number of carbonyl (C=O) groups excluding carboxylic acids is 1. The van der Waals surface area contributed by atoms with Gasteiger partial charge in [-0.05, 0) is 30.9 Å². The Labute approximate surface area is 177 Å². The zero-order valence-corrected chi connectivity index (χ0v) is 17.4. The highest BCUT2D eigenvalue weighted by molar-refractivity contribution is 6.43. The van der Waals surface area contributed by atoms with E-state index in [2.05, 4.69) is 27.1 Å². The standard InChI is InChI=1S/C19H21Cl2N7O/c1-19(9-22)5-7-28(8-6-19)18-24-15(16(23)29)12-14(26-27-17(12)25-18)10-3-2-4-11(20)13(10)21/h2-4H,5-9,22H2,1H3,(H2,23,29)(H,24,25,26,27). The minimum Gasteiger partial charge on any atom is -0.364 e. The molecule has 152 valence electrons. The van der Waals surface area contributed by atoms with E-state index in [4.69, 9.17) is 34.7 Å².